The van der Waals surface area contributed by atoms with E-state index in [0.29, 0.717) is 6.54 Å². The van der Waals surface area contributed by atoms with E-state index in [4.69, 9.17) is 11.6 Å². The quantitative estimate of drug-likeness (QED) is 0.822. The molecule has 1 aromatic rings. The fourth-order valence-electron chi connectivity index (χ4n) is 1.39. The number of hydrogen-bond acceptors (Lipinski definition) is 1. The maximum absolute atomic E-state index is 13.6. The van der Waals surface area contributed by atoms with Crippen molar-refractivity contribution in [3.63, 3.8) is 0 Å². The Kier molecular flexibility index (Phi) is 5.92. The Morgan fingerprint density at radius 2 is 2.29 bits per heavy atom. The van der Waals surface area contributed by atoms with E-state index < -0.39 is 11.7 Å². The summed E-state index contributed by atoms with van der Waals surface area (Å²) < 4.78 is 13.9. The summed E-state index contributed by atoms with van der Waals surface area (Å²) in [5.74, 6) is -0.989. The summed E-state index contributed by atoms with van der Waals surface area (Å²) in [5.41, 5.74) is 0.0275. The molecular formula is C12H14BrClFNO. The number of hydrogen-bond donors (Lipinski definition) is 1. The van der Waals surface area contributed by atoms with E-state index in [-0.39, 0.29) is 15.4 Å². The number of halogens is 3. The smallest absolute Gasteiger partial charge is 0.254 e. The average Bonchev–Trinajstić information content (AvgIpc) is 2.30. The summed E-state index contributed by atoms with van der Waals surface area (Å²) in [6.07, 6.45) is 1.78. The molecule has 0 aliphatic heterocycles. The van der Waals surface area contributed by atoms with E-state index in [0.717, 1.165) is 12.8 Å². The van der Waals surface area contributed by atoms with Crippen molar-refractivity contribution in [3.8, 4) is 0 Å². The Labute approximate surface area is 114 Å². The van der Waals surface area contributed by atoms with Crippen LogP contribution in [0.3, 0.4) is 0 Å². The Hall–Kier alpha value is -0.610. The standard InChI is InChI=1S/C12H14BrClFNO/c1-2-4-8(14)7-16-12(17)9-5-3-6-10(13)11(9)15/h3,5-6,8H,2,4,7H2,1H3,(H,16,17). The molecule has 1 rings (SSSR count). The molecule has 0 fully saturated rings. The van der Waals surface area contributed by atoms with Gasteiger partial charge in [0, 0.05) is 6.54 Å². The maximum Gasteiger partial charge on any atom is 0.254 e. The molecule has 1 atom stereocenters. The molecule has 0 aliphatic carbocycles. The van der Waals surface area contributed by atoms with Crippen LogP contribution >= 0.6 is 27.5 Å². The monoisotopic (exact) mass is 321 g/mol. The second-order valence-electron chi connectivity index (χ2n) is 3.70. The minimum atomic E-state index is -0.549. The number of nitrogens with one attached hydrogen (secondary N) is 1. The highest BCUT2D eigenvalue weighted by Gasteiger charge is 2.14. The molecule has 1 N–H and O–H groups in total. The zero-order chi connectivity index (χ0) is 12.8. The van der Waals surface area contributed by atoms with Crippen LogP contribution in [-0.2, 0) is 0 Å². The van der Waals surface area contributed by atoms with Gasteiger partial charge in [-0.05, 0) is 34.5 Å². The summed E-state index contributed by atoms with van der Waals surface area (Å²) in [7, 11) is 0. The van der Waals surface area contributed by atoms with Crippen molar-refractivity contribution in [1.82, 2.24) is 5.32 Å². The van der Waals surface area contributed by atoms with Gasteiger partial charge in [0.25, 0.3) is 5.91 Å². The molecule has 2 nitrogen and oxygen atoms in total. The van der Waals surface area contributed by atoms with Gasteiger partial charge in [0.15, 0.2) is 0 Å². The lowest BCUT2D eigenvalue weighted by Crippen LogP contribution is -2.30. The predicted octanol–water partition coefficient (Wildman–Crippen LogP) is 3.73. The molecule has 0 radical (unpaired) electrons. The van der Waals surface area contributed by atoms with Gasteiger partial charge in [0.2, 0.25) is 0 Å². The van der Waals surface area contributed by atoms with Gasteiger partial charge in [0.05, 0.1) is 15.4 Å². The van der Waals surface area contributed by atoms with Gasteiger partial charge in [-0.15, -0.1) is 11.6 Å². The van der Waals surface area contributed by atoms with Crippen molar-refractivity contribution in [3.05, 3.63) is 34.1 Å². The summed E-state index contributed by atoms with van der Waals surface area (Å²) >= 11 is 9.00. The van der Waals surface area contributed by atoms with Gasteiger partial charge in [-0.2, -0.15) is 0 Å². The number of carbonyl (C=O) groups is 1. The molecule has 17 heavy (non-hydrogen) atoms. The number of benzene rings is 1. The van der Waals surface area contributed by atoms with Crippen molar-refractivity contribution >= 4 is 33.4 Å². The van der Waals surface area contributed by atoms with Crippen molar-refractivity contribution in [2.75, 3.05) is 6.54 Å². The Bertz CT molecular complexity index is 400. The molecule has 94 valence electrons. The molecule has 0 bridgehead atoms. The van der Waals surface area contributed by atoms with Gasteiger partial charge in [0.1, 0.15) is 5.82 Å². The highest BCUT2D eigenvalue weighted by Crippen LogP contribution is 2.18. The van der Waals surface area contributed by atoms with Crippen LogP contribution in [-0.4, -0.2) is 17.8 Å². The predicted molar refractivity (Wildman–Crippen MR) is 71.0 cm³/mol. The Balaban J connectivity index is 2.61. The van der Waals surface area contributed by atoms with Gasteiger partial charge >= 0.3 is 0 Å². The summed E-state index contributed by atoms with van der Waals surface area (Å²) in [6, 6.07) is 4.61. The second kappa shape index (κ2) is 6.97. The first kappa shape index (κ1) is 14.5. The summed E-state index contributed by atoms with van der Waals surface area (Å²) in [6.45, 7) is 2.37. The Morgan fingerprint density at radius 3 is 2.94 bits per heavy atom. The molecule has 1 unspecified atom stereocenters. The number of carbonyl (C=O) groups excluding carboxylic acids is 1. The first-order valence-electron chi connectivity index (χ1n) is 5.42. The van der Waals surface area contributed by atoms with Crippen LogP contribution < -0.4 is 5.32 Å². The van der Waals surface area contributed by atoms with E-state index in [9.17, 15) is 9.18 Å². The van der Waals surface area contributed by atoms with Crippen LogP contribution in [0.15, 0.2) is 22.7 Å². The first-order chi connectivity index (χ1) is 8.06. The van der Waals surface area contributed by atoms with E-state index in [1.807, 2.05) is 6.92 Å². The number of amides is 1. The van der Waals surface area contributed by atoms with Crippen molar-refractivity contribution in [2.45, 2.75) is 25.1 Å². The van der Waals surface area contributed by atoms with Gasteiger partial charge in [-0.1, -0.05) is 19.4 Å². The van der Waals surface area contributed by atoms with Crippen LogP contribution in [0.25, 0.3) is 0 Å². The molecule has 0 saturated heterocycles. The second-order valence-corrected chi connectivity index (χ2v) is 5.17. The third-order valence-corrected chi connectivity index (χ3v) is 3.27. The molecule has 0 heterocycles. The summed E-state index contributed by atoms with van der Waals surface area (Å²) in [4.78, 5) is 11.7. The lowest BCUT2D eigenvalue weighted by molar-refractivity contribution is 0.0949. The van der Waals surface area contributed by atoms with Gasteiger partial charge < -0.3 is 5.32 Å². The largest absolute Gasteiger partial charge is 0.350 e. The lowest BCUT2D eigenvalue weighted by atomic mass is 10.2. The van der Waals surface area contributed by atoms with Crippen molar-refractivity contribution in [2.24, 2.45) is 0 Å². The lowest BCUT2D eigenvalue weighted by Gasteiger charge is -2.10. The fraction of sp³-hybridized carbons (Fsp3) is 0.417. The maximum atomic E-state index is 13.6. The molecular weight excluding hydrogens is 308 g/mol. The molecule has 1 amide bonds. The molecule has 0 aromatic heterocycles. The van der Waals surface area contributed by atoms with Crippen molar-refractivity contribution < 1.29 is 9.18 Å². The van der Waals surface area contributed by atoms with Crippen LogP contribution in [0.4, 0.5) is 4.39 Å². The zero-order valence-electron chi connectivity index (χ0n) is 9.47. The van der Waals surface area contributed by atoms with E-state index in [1.165, 1.54) is 6.07 Å². The topological polar surface area (TPSA) is 29.1 Å². The SMILES string of the molecule is CCCC(Cl)CNC(=O)c1cccc(Br)c1F. The molecule has 0 aliphatic rings. The van der Waals surface area contributed by atoms with E-state index >= 15 is 0 Å². The Morgan fingerprint density at radius 1 is 1.59 bits per heavy atom. The molecule has 0 saturated carbocycles. The third kappa shape index (κ3) is 4.28. The van der Waals surface area contributed by atoms with Crippen LogP contribution in [0.1, 0.15) is 30.1 Å². The minimum Gasteiger partial charge on any atom is -0.350 e. The number of rotatable bonds is 5. The normalized spacial score (nSPS) is 12.2. The van der Waals surface area contributed by atoms with Crippen LogP contribution in [0.2, 0.25) is 0 Å². The van der Waals surface area contributed by atoms with Crippen molar-refractivity contribution in [1.29, 1.82) is 0 Å². The van der Waals surface area contributed by atoms with E-state index in [2.05, 4.69) is 21.2 Å². The molecule has 0 spiro atoms. The fourth-order valence-corrected chi connectivity index (χ4v) is 2.05. The van der Waals surface area contributed by atoms with Crippen LogP contribution in [0.5, 0.6) is 0 Å². The van der Waals surface area contributed by atoms with Gasteiger partial charge in [-0.3, -0.25) is 4.79 Å². The highest BCUT2D eigenvalue weighted by atomic mass is 79.9. The first-order valence-corrected chi connectivity index (χ1v) is 6.65. The molecule has 1 aromatic carbocycles. The minimum absolute atomic E-state index is 0.0275. The summed E-state index contributed by atoms with van der Waals surface area (Å²) in [5, 5.41) is 2.51. The molecule has 5 heteroatoms. The third-order valence-electron chi connectivity index (χ3n) is 2.28. The average molecular weight is 323 g/mol. The van der Waals surface area contributed by atoms with Crippen LogP contribution in [0, 0.1) is 5.82 Å². The highest BCUT2D eigenvalue weighted by molar-refractivity contribution is 9.10. The zero-order valence-corrected chi connectivity index (χ0v) is 11.8. The van der Waals surface area contributed by atoms with E-state index in [1.54, 1.807) is 12.1 Å². The number of alkyl halides is 1. The van der Waals surface area contributed by atoms with Gasteiger partial charge in [-0.25, -0.2) is 4.39 Å².